The van der Waals surface area contributed by atoms with Crippen LogP contribution < -0.4 is 11.1 Å². The summed E-state index contributed by atoms with van der Waals surface area (Å²) in [4.78, 5) is 24.4. The molecule has 0 spiro atoms. The van der Waals surface area contributed by atoms with Crippen molar-refractivity contribution in [3.8, 4) is 0 Å². The van der Waals surface area contributed by atoms with Gasteiger partial charge in [-0.05, 0) is 37.8 Å². The quantitative estimate of drug-likeness (QED) is 0.774. The van der Waals surface area contributed by atoms with E-state index in [1.54, 1.807) is 0 Å². The molecule has 5 heteroatoms. The third kappa shape index (κ3) is 2.99. The highest BCUT2D eigenvalue weighted by molar-refractivity contribution is 5.85. The zero-order chi connectivity index (χ0) is 14.4. The SMILES string of the molecule is NCCCN(C=O)C(=O)NC1(c2ccccc2)CCC1. The fourth-order valence-corrected chi connectivity index (χ4v) is 2.51. The van der Waals surface area contributed by atoms with Crippen LogP contribution in [0, 0.1) is 0 Å². The van der Waals surface area contributed by atoms with Gasteiger partial charge in [-0.1, -0.05) is 30.3 Å². The number of hydrogen-bond acceptors (Lipinski definition) is 3. The van der Waals surface area contributed by atoms with Crippen molar-refractivity contribution in [2.24, 2.45) is 5.73 Å². The lowest BCUT2D eigenvalue weighted by Crippen LogP contribution is -2.54. The van der Waals surface area contributed by atoms with Crippen molar-refractivity contribution in [2.75, 3.05) is 13.1 Å². The fraction of sp³-hybridized carbons (Fsp3) is 0.467. The first-order valence-electron chi connectivity index (χ1n) is 7.01. The minimum Gasteiger partial charge on any atom is -0.330 e. The molecule has 1 aliphatic rings. The Morgan fingerprint density at radius 2 is 2.05 bits per heavy atom. The van der Waals surface area contributed by atoms with Crippen LogP contribution in [0.3, 0.4) is 0 Å². The smallest absolute Gasteiger partial charge is 0.324 e. The van der Waals surface area contributed by atoms with Crippen molar-refractivity contribution in [2.45, 2.75) is 31.2 Å². The van der Waals surface area contributed by atoms with Crippen LogP contribution in [-0.4, -0.2) is 30.4 Å². The summed E-state index contributed by atoms with van der Waals surface area (Å²) in [6, 6.07) is 9.59. The van der Waals surface area contributed by atoms with E-state index in [1.807, 2.05) is 30.3 Å². The first-order chi connectivity index (χ1) is 9.72. The molecule has 108 valence electrons. The Hall–Kier alpha value is -1.88. The fourth-order valence-electron chi connectivity index (χ4n) is 2.51. The van der Waals surface area contributed by atoms with E-state index in [-0.39, 0.29) is 11.6 Å². The maximum atomic E-state index is 12.2. The van der Waals surface area contributed by atoms with Crippen molar-refractivity contribution in [1.29, 1.82) is 0 Å². The number of imide groups is 1. The minimum atomic E-state index is -0.336. The van der Waals surface area contributed by atoms with E-state index in [1.165, 1.54) is 0 Å². The van der Waals surface area contributed by atoms with Gasteiger partial charge in [-0.2, -0.15) is 0 Å². The first-order valence-corrected chi connectivity index (χ1v) is 7.01. The molecule has 3 amide bonds. The second-order valence-corrected chi connectivity index (χ2v) is 5.17. The van der Waals surface area contributed by atoms with E-state index in [9.17, 15) is 9.59 Å². The number of urea groups is 1. The number of rotatable bonds is 6. The van der Waals surface area contributed by atoms with E-state index >= 15 is 0 Å². The molecular formula is C15H21N3O2. The number of benzene rings is 1. The molecule has 0 bridgehead atoms. The summed E-state index contributed by atoms with van der Waals surface area (Å²) in [6.07, 6.45) is 4.09. The van der Waals surface area contributed by atoms with Gasteiger partial charge in [-0.25, -0.2) is 4.79 Å². The van der Waals surface area contributed by atoms with Crippen LogP contribution >= 0.6 is 0 Å². The Morgan fingerprint density at radius 3 is 2.55 bits per heavy atom. The second kappa shape index (κ2) is 6.52. The topological polar surface area (TPSA) is 75.4 Å². The molecule has 0 aromatic heterocycles. The van der Waals surface area contributed by atoms with Crippen LogP contribution in [-0.2, 0) is 10.3 Å². The molecule has 1 fully saturated rings. The van der Waals surface area contributed by atoms with E-state index in [4.69, 9.17) is 5.73 Å². The van der Waals surface area contributed by atoms with Gasteiger partial charge in [0.1, 0.15) is 0 Å². The maximum Gasteiger partial charge on any atom is 0.324 e. The molecule has 1 aliphatic carbocycles. The standard InChI is InChI=1S/C15H21N3O2/c16-10-5-11-18(12-19)14(20)17-15(8-4-9-15)13-6-2-1-3-7-13/h1-3,6-7,12H,4-5,8-11,16H2,(H,17,20). The third-order valence-corrected chi connectivity index (χ3v) is 3.87. The molecule has 0 saturated heterocycles. The molecule has 1 aromatic rings. The number of nitrogens with one attached hydrogen (secondary N) is 1. The lowest BCUT2D eigenvalue weighted by molar-refractivity contribution is -0.115. The lowest BCUT2D eigenvalue weighted by atomic mass is 9.72. The first kappa shape index (κ1) is 14.5. The number of hydrogen-bond donors (Lipinski definition) is 2. The van der Waals surface area contributed by atoms with Crippen molar-refractivity contribution in [3.05, 3.63) is 35.9 Å². The monoisotopic (exact) mass is 275 g/mol. The number of carbonyl (C=O) groups excluding carboxylic acids is 2. The molecule has 1 saturated carbocycles. The molecule has 20 heavy (non-hydrogen) atoms. The summed E-state index contributed by atoms with van der Waals surface area (Å²) >= 11 is 0. The molecule has 0 radical (unpaired) electrons. The third-order valence-electron chi connectivity index (χ3n) is 3.87. The molecule has 0 atom stereocenters. The Balaban J connectivity index is 2.06. The number of amides is 3. The highest BCUT2D eigenvalue weighted by Crippen LogP contribution is 2.41. The molecular weight excluding hydrogens is 254 g/mol. The Kier molecular flexibility index (Phi) is 4.74. The molecule has 1 aromatic carbocycles. The summed E-state index contributed by atoms with van der Waals surface area (Å²) in [5.74, 6) is 0. The van der Waals surface area contributed by atoms with Gasteiger partial charge in [0.25, 0.3) is 0 Å². The molecule has 2 rings (SSSR count). The Morgan fingerprint density at radius 1 is 1.35 bits per heavy atom. The average Bonchev–Trinajstić information content (AvgIpc) is 2.44. The summed E-state index contributed by atoms with van der Waals surface area (Å²) in [5.41, 5.74) is 6.20. The summed E-state index contributed by atoms with van der Waals surface area (Å²) in [6.45, 7) is 0.818. The number of carbonyl (C=O) groups is 2. The molecule has 0 unspecified atom stereocenters. The van der Waals surface area contributed by atoms with Gasteiger partial charge >= 0.3 is 6.03 Å². The van der Waals surface area contributed by atoms with Gasteiger partial charge < -0.3 is 11.1 Å². The van der Waals surface area contributed by atoms with Crippen LogP contribution in [0.15, 0.2) is 30.3 Å². The lowest BCUT2D eigenvalue weighted by Gasteiger charge is -2.43. The van der Waals surface area contributed by atoms with E-state index in [0.29, 0.717) is 25.9 Å². The van der Waals surface area contributed by atoms with Crippen molar-refractivity contribution < 1.29 is 9.59 Å². The normalized spacial score (nSPS) is 16.1. The Labute approximate surface area is 119 Å². The van der Waals surface area contributed by atoms with E-state index in [0.717, 1.165) is 29.7 Å². The number of nitrogens with zero attached hydrogens (tertiary/aromatic N) is 1. The Bertz CT molecular complexity index is 457. The summed E-state index contributed by atoms with van der Waals surface area (Å²) in [5, 5.41) is 3.02. The van der Waals surface area contributed by atoms with E-state index in [2.05, 4.69) is 5.32 Å². The average molecular weight is 275 g/mol. The van der Waals surface area contributed by atoms with Crippen LogP contribution in [0.2, 0.25) is 0 Å². The molecule has 3 N–H and O–H groups in total. The predicted molar refractivity (Wildman–Crippen MR) is 76.9 cm³/mol. The van der Waals surface area contributed by atoms with Crippen LogP contribution in [0.1, 0.15) is 31.2 Å². The molecule has 5 nitrogen and oxygen atoms in total. The van der Waals surface area contributed by atoms with Gasteiger partial charge in [0, 0.05) is 6.54 Å². The molecule has 0 heterocycles. The minimum absolute atomic E-state index is 0.317. The zero-order valence-electron chi connectivity index (χ0n) is 11.5. The highest BCUT2D eigenvalue weighted by atomic mass is 16.2. The largest absolute Gasteiger partial charge is 0.330 e. The highest BCUT2D eigenvalue weighted by Gasteiger charge is 2.40. The predicted octanol–water partition coefficient (Wildman–Crippen LogP) is 1.58. The molecule has 0 aliphatic heterocycles. The van der Waals surface area contributed by atoms with Crippen LogP contribution in [0.4, 0.5) is 4.79 Å². The summed E-state index contributed by atoms with van der Waals surface area (Å²) in [7, 11) is 0. The van der Waals surface area contributed by atoms with Crippen molar-refractivity contribution in [3.63, 3.8) is 0 Å². The van der Waals surface area contributed by atoms with Crippen molar-refractivity contribution in [1.82, 2.24) is 10.2 Å². The van der Waals surface area contributed by atoms with Gasteiger partial charge in [0.2, 0.25) is 6.41 Å². The number of nitrogens with two attached hydrogens (primary N) is 1. The van der Waals surface area contributed by atoms with E-state index < -0.39 is 0 Å². The van der Waals surface area contributed by atoms with Gasteiger partial charge in [-0.3, -0.25) is 9.69 Å². The van der Waals surface area contributed by atoms with Gasteiger partial charge in [-0.15, -0.1) is 0 Å². The van der Waals surface area contributed by atoms with Gasteiger partial charge in [0.05, 0.1) is 5.54 Å². The van der Waals surface area contributed by atoms with Crippen LogP contribution in [0.25, 0.3) is 0 Å². The van der Waals surface area contributed by atoms with Crippen molar-refractivity contribution >= 4 is 12.4 Å². The van der Waals surface area contributed by atoms with Crippen LogP contribution in [0.5, 0.6) is 0 Å². The summed E-state index contributed by atoms with van der Waals surface area (Å²) < 4.78 is 0. The second-order valence-electron chi connectivity index (χ2n) is 5.17. The van der Waals surface area contributed by atoms with Gasteiger partial charge in [0.15, 0.2) is 0 Å². The zero-order valence-corrected chi connectivity index (χ0v) is 11.5. The maximum absolute atomic E-state index is 12.2.